The molecule has 1 aliphatic rings. The van der Waals surface area contributed by atoms with Crippen molar-refractivity contribution in [3.05, 3.63) is 30.3 Å². The molecule has 3 nitrogen and oxygen atoms in total. The quantitative estimate of drug-likeness (QED) is 0.489. The average Bonchev–Trinajstić information content (AvgIpc) is 2.89. The summed E-state index contributed by atoms with van der Waals surface area (Å²) in [5.41, 5.74) is 1.00. The van der Waals surface area contributed by atoms with Gasteiger partial charge in [0.15, 0.2) is 11.7 Å². The third kappa shape index (κ3) is 5.33. The number of hydrogen-bond acceptors (Lipinski definition) is 4. The number of para-hydroxylation sites is 1. The molecule has 1 heterocycles. The molecular formula is C11H15N2OPS3. The van der Waals surface area contributed by atoms with Crippen molar-refractivity contribution in [3.63, 3.8) is 0 Å². The first-order valence-electron chi connectivity index (χ1n) is 5.63. The van der Waals surface area contributed by atoms with Crippen LogP contribution in [0.3, 0.4) is 0 Å². The lowest BCUT2D eigenvalue weighted by atomic mass is 10.3. The van der Waals surface area contributed by atoms with Crippen molar-refractivity contribution in [1.29, 1.82) is 0 Å². The van der Waals surface area contributed by atoms with Gasteiger partial charge < -0.3 is 15.2 Å². The van der Waals surface area contributed by atoms with E-state index in [9.17, 15) is 0 Å². The fourth-order valence-electron chi connectivity index (χ4n) is 1.32. The van der Waals surface area contributed by atoms with Crippen molar-refractivity contribution in [2.75, 3.05) is 30.0 Å². The van der Waals surface area contributed by atoms with Gasteiger partial charge in [0.25, 0.3) is 0 Å². The zero-order valence-corrected chi connectivity index (χ0v) is 13.1. The second kappa shape index (κ2) is 8.23. The number of anilines is 1. The smallest absolute Gasteiger partial charge is 0.170 e. The predicted molar refractivity (Wildman–Crippen MR) is 88.5 cm³/mol. The molecule has 1 fully saturated rings. The minimum atomic E-state index is -0.294. The van der Waals surface area contributed by atoms with Crippen LogP contribution in [0.2, 0.25) is 0 Å². The molecule has 0 amide bonds. The Kier molecular flexibility index (Phi) is 6.59. The topological polar surface area (TPSA) is 33.3 Å². The number of benzene rings is 1. The third-order valence-corrected chi connectivity index (χ3v) is 9.08. The molecule has 0 radical (unpaired) electrons. The minimum Gasteiger partial charge on any atom is -0.360 e. The van der Waals surface area contributed by atoms with Gasteiger partial charge in [0.05, 0.1) is 6.61 Å². The Morgan fingerprint density at radius 2 is 2.00 bits per heavy atom. The molecule has 0 unspecified atom stereocenters. The SMILES string of the molecule is S=C(NCCOP1SCCS1)Nc1ccccc1. The second-order valence-electron chi connectivity index (χ2n) is 3.47. The minimum absolute atomic E-state index is 0.294. The van der Waals surface area contributed by atoms with Crippen LogP contribution >= 0.6 is 41.5 Å². The molecule has 0 bridgehead atoms. The highest BCUT2D eigenvalue weighted by Crippen LogP contribution is 2.66. The Balaban J connectivity index is 1.57. The van der Waals surface area contributed by atoms with Crippen molar-refractivity contribution >= 4 is 52.3 Å². The summed E-state index contributed by atoms with van der Waals surface area (Å²) in [6, 6.07) is 9.91. The van der Waals surface area contributed by atoms with Gasteiger partial charge in [0, 0.05) is 23.7 Å². The maximum atomic E-state index is 5.74. The van der Waals surface area contributed by atoms with Gasteiger partial charge in [-0.05, 0) is 24.4 Å². The van der Waals surface area contributed by atoms with Gasteiger partial charge in [-0.25, -0.2) is 0 Å². The highest BCUT2D eigenvalue weighted by Gasteiger charge is 2.16. The van der Waals surface area contributed by atoms with Crippen LogP contribution in [0.5, 0.6) is 0 Å². The lowest BCUT2D eigenvalue weighted by Gasteiger charge is -2.12. The van der Waals surface area contributed by atoms with Crippen LogP contribution in [0.25, 0.3) is 0 Å². The molecule has 0 atom stereocenters. The summed E-state index contributed by atoms with van der Waals surface area (Å²) in [5, 5.41) is 6.92. The van der Waals surface area contributed by atoms with Crippen LogP contribution in [-0.2, 0) is 4.52 Å². The summed E-state index contributed by atoms with van der Waals surface area (Å²) >= 11 is 9.07. The molecule has 1 aliphatic heterocycles. The molecule has 1 saturated heterocycles. The third-order valence-electron chi connectivity index (χ3n) is 2.09. The number of hydrogen-bond donors (Lipinski definition) is 2. The molecule has 0 saturated carbocycles. The maximum absolute atomic E-state index is 5.74. The summed E-state index contributed by atoms with van der Waals surface area (Å²) in [6.45, 7) is 1.16. The second-order valence-corrected chi connectivity index (χ2v) is 10.1. The van der Waals surface area contributed by atoms with Crippen LogP contribution < -0.4 is 10.6 Å². The van der Waals surface area contributed by atoms with Crippen molar-refractivity contribution in [1.82, 2.24) is 5.32 Å². The Morgan fingerprint density at radius 3 is 2.72 bits per heavy atom. The van der Waals surface area contributed by atoms with E-state index >= 15 is 0 Å². The molecule has 0 spiro atoms. The van der Waals surface area contributed by atoms with Gasteiger partial charge in [-0.3, -0.25) is 0 Å². The first-order chi connectivity index (χ1) is 8.84. The van der Waals surface area contributed by atoms with E-state index in [0.717, 1.165) is 12.2 Å². The van der Waals surface area contributed by atoms with Gasteiger partial charge in [0.1, 0.15) is 0 Å². The first-order valence-corrected chi connectivity index (χ1v) is 10.5. The van der Waals surface area contributed by atoms with Gasteiger partial charge in [-0.1, -0.05) is 41.0 Å². The normalized spacial score (nSPS) is 15.6. The van der Waals surface area contributed by atoms with Crippen LogP contribution in [-0.4, -0.2) is 29.8 Å². The molecule has 0 aliphatic carbocycles. The van der Waals surface area contributed by atoms with E-state index in [-0.39, 0.29) is 6.55 Å². The Labute approximate surface area is 122 Å². The maximum Gasteiger partial charge on any atom is 0.170 e. The number of rotatable bonds is 5. The molecule has 2 N–H and O–H groups in total. The highest BCUT2D eigenvalue weighted by atomic mass is 33.1. The summed E-state index contributed by atoms with van der Waals surface area (Å²) < 4.78 is 5.74. The van der Waals surface area contributed by atoms with E-state index < -0.39 is 0 Å². The fraction of sp³-hybridized carbons (Fsp3) is 0.364. The zero-order valence-electron chi connectivity index (χ0n) is 9.80. The van der Waals surface area contributed by atoms with E-state index in [1.54, 1.807) is 0 Å². The molecule has 0 aromatic heterocycles. The van der Waals surface area contributed by atoms with Gasteiger partial charge in [-0.2, -0.15) is 0 Å². The van der Waals surface area contributed by atoms with Crippen LogP contribution in [0.15, 0.2) is 30.3 Å². The van der Waals surface area contributed by atoms with Gasteiger partial charge >= 0.3 is 0 Å². The number of nitrogens with one attached hydrogen (secondary N) is 2. The summed E-state index contributed by atoms with van der Waals surface area (Å²) in [4.78, 5) is 0. The molecule has 2 rings (SSSR count). The average molecular weight is 318 g/mol. The van der Waals surface area contributed by atoms with Gasteiger partial charge in [0.2, 0.25) is 0 Å². The van der Waals surface area contributed by atoms with Crippen LogP contribution in [0, 0.1) is 0 Å². The largest absolute Gasteiger partial charge is 0.360 e. The standard InChI is InChI=1S/C11H15N2OPS3/c16-11(13-10-4-2-1-3-5-10)12-6-7-14-15-17-8-9-18-15/h1-5H,6-9H2,(H2,12,13,16). The Hall–Kier alpha value is -0.000000000000000222. The lowest BCUT2D eigenvalue weighted by molar-refractivity contribution is 0.372. The van der Waals surface area contributed by atoms with Crippen molar-refractivity contribution < 1.29 is 4.52 Å². The monoisotopic (exact) mass is 318 g/mol. The first kappa shape index (κ1) is 14.4. The van der Waals surface area contributed by atoms with Crippen LogP contribution in [0.4, 0.5) is 5.69 Å². The Bertz CT molecular complexity index is 374. The molecule has 18 heavy (non-hydrogen) atoms. The summed E-state index contributed by atoms with van der Waals surface area (Å²) in [5.74, 6) is 2.44. The molecule has 98 valence electrons. The Morgan fingerprint density at radius 1 is 1.28 bits per heavy atom. The molecule has 1 aromatic carbocycles. The lowest BCUT2D eigenvalue weighted by Crippen LogP contribution is -2.30. The number of thiocarbonyl (C=S) groups is 1. The van der Waals surface area contributed by atoms with E-state index in [1.165, 1.54) is 11.5 Å². The van der Waals surface area contributed by atoms with Crippen LogP contribution in [0.1, 0.15) is 0 Å². The van der Waals surface area contributed by atoms with E-state index in [1.807, 2.05) is 53.1 Å². The molecule has 1 aromatic rings. The molecule has 7 heteroatoms. The van der Waals surface area contributed by atoms with E-state index in [4.69, 9.17) is 16.7 Å². The van der Waals surface area contributed by atoms with Crippen molar-refractivity contribution in [3.8, 4) is 0 Å². The zero-order chi connectivity index (χ0) is 12.6. The summed E-state index contributed by atoms with van der Waals surface area (Å²) in [7, 11) is 0. The van der Waals surface area contributed by atoms with E-state index in [0.29, 0.717) is 11.7 Å². The van der Waals surface area contributed by atoms with Crippen molar-refractivity contribution in [2.45, 2.75) is 0 Å². The fourth-order valence-corrected chi connectivity index (χ4v) is 8.26. The van der Waals surface area contributed by atoms with Crippen molar-refractivity contribution in [2.24, 2.45) is 0 Å². The van der Waals surface area contributed by atoms with E-state index in [2.05, 4.69) is 10.6 Å². The molecular weight excluding hydrogens is 303 g/mol. The van der Waals surface area contributed by atoms with Gasteiger partial charge in [-0.15, -0.1) is 0 Å². The highest BCUT2D eigenvalue weighted by molar-refractivity contribution is 8.88. The summed E-state index contributed by atoms with van der Waals surface area (Å²) in [6.07, 6.45) is 0. The predicted octanol–water partition coefficient (Wildman–Crippen LogP) is 3.70.